The molecule has 1 fully saturated rings. The standard InChI is InChI=1S/C23H24ClN3O2/c1-3-25-12-14-26(15-13-25)21-20(17-8-5-4-6-9-17)22(28)27(23(21)29)19-11-7-10-18(24)16(19)2/h4-11H,3,12-15H2,1-2H3. The van der Waals surface area contributed by atoms with Crippen molar-refractivity contribution in [2.75, 3.05) is 37.6 Å². The molecule has 0 unspecified atom stereocenters. The topological polar surface area (TPSA) is 43.9 Å². The molecule has 0 aromatic heterocycles. The number of rotatable bonds is 4. The van der Waals surface area contributed by atoms with Crippen LogP contribution in [0, 0.1) is 6.92 Å². The molecule has 0 saturated carbocycles. The van der Waals surface area contributed by atoms with Crippen LogP contribution in [0.4, 0.5) is 5.69 Å². The van der Waals surface area contributed by atoms with E-state index in [1.807, 2.05) is 37.3 Å². The lowest BCUT2D eigenvalue weighted by atomic mass is 10.0. The van der Waals surface area contributed by atoms with Gasteiger partial charge >= 0.3 is 0 Å². The number of nitrogens with zero attached hydrogens (tertiary/aromatic N) is 3. The molecule has 6 heteroatoms. The summed E-state index contributed by atoms with van der Waals surface area (Å²) in [5.41, 5.74) is 3.00. The van der Waals surface area contributed by atoms with Crippen LogP contribution in [0.25, 0.3) is 5.57 Å². The number of carbonyl (C=O) groups is 2. The van der Waals surface area contributed by atoms with Gasteiger partial charge in [-0.1, -0.05) is 54.9 Å². The second kappa shape index (κ2) is 8.01. The number of likely N-dealkylation sites (N-methyl/N-ethyl adjacent to an activating group) is 1. The third-order valence-corrected chi connectivity index (χ3v) is 6.15. The molecule has 0 radical (unpaired) electrons. The number of hydrogen-bond acceptors (Lipinski definition) is 4. The van der Waals surface area contributed by atoms with Gasteiger partial charge in [-0.25, -0.2) is 4.90 Å². The fraction of sp³-hybridized carbons (Fsp3) is 0.304. The zero-order valence-corrected chi connectivity index (χ0v) is 17.4. The summed E-state index contributed by atoms with van der Waals surface area (Å²) in [6.07, 6.45) is 0. The molecule has 2 heterocycles. The van der Waals surface area contributed by atoms with E-state index in [4.69, 9.17) is 11.6 Å². The van der Waals surface area contributed by atoms with E-state index in [9.17, 15) is 9.59 Å². The zero-order valence-electron chi connectivity index (χ0n) is 16.7. The normalized spacial score (nSPS) is 18.2. The zero-order chi connectivity index (χ0) is 20.5. The Balaban J connectivity index is 1.80. The van der Waals surface area contributed by atoms with Gasteiger partial charge < -0.3 is 9.80 Å². The van der Waals surface area contributed by atoms with Gasteiger partial charge in [0.1, 0.15) is 5.70 Å². The Bertz CT molecular complexity index is 979. The summed E-state index contributed by atoms with van der Waals surface area (Å²) in [6.45, 7) is 8.15. The summed E-state index contributed by atoms with van der Waals surface area (Å²) in [4.78, 5) is 32.8. The van der Waals surface area contributed by atoms with E-state index >= 15 is 0 Å². The number of hydrogen-bond donors (Lipinski definition) is 0. The lowest BCUT2D eigenvalue weighted by Gasteiger charge is -2.36. The highest BCUT2D eigenvalue weighted by atomic mass is 35.5. The molecule has 0 N–H and O–H groups in total. The molecular formula is C23H24ClN3O2. The van der Waals surface area contributed by atoms with Gasteiger partial charge in [0.2, 0.25) is 0 Å². The van der Waals surface area contributed by atoms with E-state index in [0.717, 1.165) is 43.9 Å². The minimum absolute atomic E-state index is 0.274. The second-order valence-corrected chi connectivity index (χ2v) is 7.75. The van der Waals surface area contributed by atoms with E-state index in [0.29, 0.717) is 22.0 Å². The van der Waals surface area contributed by atoms with Crippen LogP contribution < -0.4 is 4.90 Å². The number of piperazine rings is 1. The summed E-state index contributed by atoms with van der Waals surface area (Å²) < 4.78 is 0. The lowest BCUT2D eigenvalue weighted by molar-refractivity contribution is -0.120. The first-order chi connectivity index (χ1) is 14.0. The van der Waals surface area contributed by atoms with Crippen molar-refractivity contribution in [3.8, 4) is 0 Å². The van der Waals surface area contributed by atoms with Crippen molar-refractivity contribution in [3.05, 3.63) is 70.4 Å². The van der Waals surface area contributed by atoms with Crippen molar-refractivity contribution in [3.63, 3.8) is 0 Å². The summed E-state index contributed by atoms with van der Waals surface area (Å²) in [6, 6.07) is 14.8. The second-order valence-electron chi connectivity index (χ2n) is 7.34. The van der Waals surface area contributed by atoms with Crippen LogP contribution in [-0.4, -0.2) is 54.3 Å². The van der Waals surface area contributed by atoms with E-state index in [1.54, 1.807) is 18.2 Å². The predicted molar refractivity (Wildman–Crippen MR) is 116 cm³/mol. The molecule has 0 aliphatic carbocycles. The molecule has 2 amide bonds. The Kier molecular flexibility index (Phi) is 5.43. The molecule has 2 aromatic rings. The molecule has 1 saturated heterocycles. The average molecular weight is 410 g/mol. The van der Waals surface area contributed by atoms with Crippen LogP contribution in [0.15, 0.2) is 54.2 Å². The largest absolute Gasteiger partial charge is 0.364 e. The highest BCUT2D eigenvalue weighted by molar-refractivity contribution is 6.46. The Morgan fingerprint density at radius 3 is 2.24 bits per heavy atom. The van der Waals surface area contributed by atoms with Crippen LogP contribution in [0.5, 0.6) is 0 Å². The first-order valence-electron chi connectivity index (χ1n) is 9.93. The molecule has 2 aliphatic heterocycles. The molecule has 2 aliphatic rings. The fourth-order valence-electron chi connectivity index (χ4n) is 4.02. The van der Waals surface area contributed by atoms with E-state index in [2.05, 4.69) is 16.7 Å². The smallest absolute Gasteiger partial charge is 0.282 e. The summed E-state index contributed by atoms with van der Waals surface area (Å²) in [5.74, 6) is -0.566. The van der Waals surface area contributed by atoms with Crippen molar-refractivity contribution < 1.29 is 9.59 Å². The molecular weight excluding hydrogens is 386 g/mol. The maximum absolute atomic E-state index is 13.6. The van der Waals surface area contributed by atoms with E-state index < -0.39 is 0 Å². The molecule has 4 rings (SSSR count). The number of benzene rings is 2. The Hall–Kier alpha value is -2.63. The maximum Gasteiger partial charge on any atom is 0.282 e. The van der Waals surface area contributed by atoms with Gasteiger partial charge in [-0.05, 0) is 36.7 Å². The van der Waals surface area contributed by atoms with Gasteiger partial charge in [-0.2, -0.15) is 0 Å². The van der Waals surface area contributed by atoms with Crippen LogP contribution in [0.2, 0.25) is 5.02 Å². The summed E-state index contributed by atoms with van der Waals surface area (Å²) >= 11 is 6.28. The van der Waals surface area contributed by atoms with Crippen LogP contribution in [-0.2, 0) is 9.59 Å². The molecule has 150 valence electrons. The SMILES string of the molecule is CCN1CCN(C2=C(c3ccccc3)C(=O)N(c3cccc(Cl)c3C)C2=O)CC1. The monoisotopic (exact) mass is 409 g/mol. The van der Waals surface area contributed by atoms with Gasteiger partial charge in [0.05, 0.1) is 11.3 Å². The van der Waals surface area contributed by atoms with E-state index in [1.165, 1.54) is 4.90 Å². The quantitative estimate of drug-likeness (QED) is 0.724. The highest BCUT2D eigenvalue weighted by Gasteiger charge is 2.43. The molecule has 5 nitrogen and oxygen atoms in total. The average Bonchev–Trinajstić information content (AvgIpc) is 3.01. The summed E-state index contributed by atoms with van der Waals surface area (Å²) in [5, 5.41) is 0.536. The lowest BCUT2D eigenvalue weighted by Crippen LogP contribution is -2.47. The van der Waals surface area contributed by atoms with Gasteiger partial charge in [0, 0.05) is 31.2 Å². The molecule has 2 aromatic carbocycles. The molecule has 29 heavy (non-hydrogen) atoms. The van der Waals surface area contributed by atoms with Crippen molar-refractivity contribution in [2.45, 2.75) is 13.8 Å². The highest BCUT2D eigenvalue weighted by Crippen LogP contribution is 2.37. The minimum atomic E-state index is -0.292. The third-order valence-electron chi connectivity index (χ3n) is 5.74. The minimum Gasteiger partial charge on any atom is -0.364 e. The third kappa shape index (κ3) is 3.45. The van der Waals surface area contributed by atoms with Gasteiger partial charge in [0.15, 0.2) is 0 Å². The number of imide groups is 1. The van der Waals surface area contributed by atoms with Gasteiger partial charge in [0.25, 0.3) is 11.8 Å². The van der Waals surface area contributed by atoms with Crippen molar-refractivity contribution in [1.29, 1.82) is 0 Å². The first kappa shape index (κ1) is 19.7. The van der Waals surface area contributed by atoms with Crippen LogP contribution in [0.1, 0.15) is 18.1 Å². The number of halogens is 1. The Labute approximate surface area is 176 Å². The number of amides is 2. The van der Waals surface area contributed by atoms with Gasteiger partial charge in [-0.15, -0.1) is 0 Å². The molecule has 0 bridgehead atoms. The Morgan fingerprint density at radius 2 is 1.59 bits per heavy atom. The molecule has 0 atom stereocenters. The Morgan fingerprint density at radius 1 is 0.897 bits per heavy atom. The van der Waals surface area contributed by atoms with Gasteiger partial charge in [-0.3, -0.25) is 9.59 Å². The van der Waals surface area contributed by atoms with Crippen molar-refractivity contribution >= 4 is 34.7 Å². The number of carbonyl (C=O) groups excluding carboxylic acids is 2. The van der Waals surface area contributed by atoms with Crippen LogP contribution >= 0.6 is 11.6 Å². The first-order valence-corrected chi connectivity index (χ1v) is 10.3. The van der Waals surface area contributed by atoms with E-state index in [-0.39, 0.29) is 11.8 Å². The summed E-state index contributed by atoms with van der Waals surface area (Å²) in [7, 11) is 0. The maximum atomic E-state index is 13.6. The van der Waals surface area contributed by atoms with Crippen LogP contribution in [0.3, 0.4) is 0 Å². The van der Waals surface area contributed by atoms with Crippen molar-refractivity contribution in [2.24, 2.45) is 0 Å². The predicted octanol–water partition coefficient (Wildman–Crippen LogP) is 3.57. The fourth-order valence-corrected chi connectivity index (χ4v) is 4.19. The molecule has 0 spiro atoms. The number of anilines is 1. The van der Waals surface area contributed by atoms with Crippen molar-refractivity contribution in [1.82, 2.24) is 9.80 Å².